The highest BCUT2D eigenvalue weighted by Crippen LogP contribution is 2.24. The molecule has 1 aromatic rings. The average Bonchev–Trinajstić information content (AvgIpc) is 2.48. The second-order valence-electron chi connectivity index (χ2n) is 5.30. The Bertz CT molecular complexity index is 377. The summed E-state index contributed by atoms with van der Waals surface area (Å²) in [5, 5.41) is 9.29. The fourth-order valence-electron chi connectivity index (χ4n) is 2.98. The lowest BCUT2D eigenvalue weighted by atomic mass is 9.93. The third-order valence-corrected chi connectivity index (χ3v) is 4.03. The van der Waals surface area contributed by atoms with Crippen LogP contribution in [0.1, 0.15) is 43.4 Å². The van der Waals surface area contributed by atoms with Gasteiger partial charge in [-0.15, -0.1) is 0 Å². The van der Waals surface area contributed by atoms with Gasteiger partial charge >= 0.3 is 0 Å². The molecular weight excluding hydrogens is 238 g/mol. The summed E-state index contributed by atoms with van der Waals surface area (Å²) in [5.74, 6) is 0. The number of aliphatic hydroxyl groups is 1. The Kier molecular flexibility index (Phi) is 5.76. The third-order valence-electron chi connectivity index (χ3n) is 4.03. The Hall–Kier alpha value is -0.970. The van der Waals surface area contributed by atoms with Crippen LogP contribution in [0.5, 0.6) is 0 Å². The number of aromatic nitrogens is 1. The summed E-state index contributed by atoms with van der Waals surface area (Å²) in [5.41, 5.74) is 7.92. The molecule has 0 amide bonds. The highest BCUT2D eigenvalue weighted by molar-refractivity contribution is 5.19. The first-order chi connectivity index (χ1) is 9.35. The molecular formula is C15H25N3O. The summed E-state index contributed by atoms with van der Waals surface area (Å²) in [7, 11) is 0. The number of nitrogens with two attached hydrogens (primary N) is 1. The maximum absolute atomic E-state index is 9.29. The smallest absolute Gasteiger partial charge is 0.0584 e. The largest absolute Gasteiger partial charge is 0.395 e. The predicted molar refractivity (Wildman–Crippen MR) is 76.5 cm³/mol. The topological polar surface area (TPSA) is 62.4 Å². The third kappa shape index (κ3) is 4.00. The molecule has 106 valence electrons. The van der Waals surface area contributed by atoms with Crippen molar-refractivity contribution in [2.45, 2.75) is 51.2 Å². The van der Waals surface area contributed by atoms with Gasteiger partial charge in [-0.05, 0) is 24.5 Å². The van der Waals surface area contributed by atoms with E-state index in [9.17, 15) is 5.11 Å². The molecule has 1 aromatic heterocycles. The van der Waals surface area contributed by atoms with Crippen LogP contribution in [0.25, 0.3) is 0 Å². The van der Waals surface area contributed by atoms with Crippen LogP contribution in [0.4, 0.5) is 0 Å². The van der Waals surface area contributed by atoms with E-state index in [4.69, 9.17) is 5.73 Å². The second kappa shape index (κ2) is 7.58. The van der Waals surface area contributed by atoms with Crippen molar-refractivity contribution < 1.29 is 5.11 Å². The summed E-state index contributed by atoms with van der Waals surface area (Å²) >= 11 is 0. The number of hydrogen-bond donors (Lipinski definition) is 2. The van der Waals surface area contributed by atoms with E-state index in [0.29, 0.717) is 12.6 Å². The lowest BCUT2D eigenvalue weighted by Gasteiger charge is -2.34. The number of nitrogens with zero attached hydrogens (tertiary/aromatic N) is 2. The summed E-state index contributed by atoms with van der Waals surface area (Å²) < 4.78 is 0. The van der Waals surface area contributed by atoms with Crippen molar-refractivity contribution >= 4 is 0 Å². The van der Waals surface area contributed by atoms with Gasteiger partial charge in [0.25, 0.3) is 0 Å². The summed E-state index contributed by atoms with van der Waals surface area (Å²) in [4.78, 5) is 6.74. The van der Waals surface area contributed by atoms with E-state index in [1.54, 1.807) is 6.20 Å². The van der Waals surface area contributed by atoms with Crippen LogP contribution >= 0.6 is 0 Å². The van der Waals surface area contributed by atoms with Gasteiger partial charge in [-0.25, -0.2) is 0 Å². The minimum Gasteiger partial charge on any atom is -0.395 e. The molecule has 3 N–H and O–H groups in total. The van der Waals surface area contributed by atoms with E-state index < -0.39 is 0 Å². The molecule has 2 rings (SSSR count). The molecule has 0 atom stereocenters. The Balaban J connectivity index is 2.06. The van der Waals surface area contributed by atoms with Crippen molar-refractivity contribution in [3.63, 3.8) is 0 Å². The first-order valence-electron chi connectivity index (χ1n) is 7.33. The fourth-order valence-corrected chi connectivity index (χ4v) is 2.98. The van der Waals surface area contributed by atoms with Crippen molar-refractivity contribution in [3.8, 4) is 0 Å². The molecule has 1 aliphatic carbocycles. The normalized spacial score (nSPS) is 17.0. The van der Waals surface area contributed by atoms with E-state index in [2.05, 4.69) is 16.0 Å². The molecule has 1 aliphatic rings. The molecule has 0 spiro atoms. The van der Waals surface area contributed by atoms with E-state index in [1.807, 2.05) is 6.07 Å². The van der Waals surface area contributed by atoms with E-state index in [-0.39, 0.29) is 6.61 Å². The zero-order valence-corrected chi connectivity index (χ0v) is 11.6. The van der Waals surface area contributed by atoms with Crippen molar-refractivity contribution in [2.24, 2.45) is 5.73 Å². The molecule has 1 fully saturated rings. The molecule has 4 heteroatoms. The quantitative estimate of drug-likeness (QED) is 0.819. The van der Waals surface area contributed by atoms with Crippen LogP contribution in [-0.4, -0.2) is 34.2 Å². The predicted octanol–water partition coefficient (Wildman–Crippen LogP) is 1.67. The van der Waals surface area contributed by atoms with E-state index in [0.717, 1.165) is 18.8 Å². The molecule has 1 heterocycles. The maximum Gasteiger partial charge on any atom is 0.0584 e. The SMILES string of the molecule is NCc1ncccc1CN(CCO)C1CCCCC1. The molecule has 4 nitrogen and oxygen atoms in total. The first-order valence-corrected chi connectivity index (χ1v) is 7.33. The molecule has 0 aromatic carbocycles. The number of hydrogen-bond acceptors (Lipinski definition) is 4. The van der Waals surface area contributed by atoms with Gasteiger partial charge in [-0.2, -0.15) is 0 Å². The molecule has 0 bridgehead atoms. The van der Waals surface area contributed by atoms with Gasteiger partial charge < -0.3 is 10.8 Å². The Morgan fingerprint density at radius 3 is 2.79 bits per heavy atom. The van der Waals surface area contributed by atoms with Gasteiger partial charge in [0.1, 0.15) is 0 Å². The van der Waals surface area contributed by atoms with Crippen LogP contribution in [0.3, 0.4) is 0 Å². The molecule has 1 saturated carbocycles. The van der Waals surface area contributed by atoms with Gasteiger partial charge in [0.05, 0.1) is 12.3 Å². The summed E-state index contributed by atoms with van der Waals surface area (Å²) in [6.45, 7) is 2.29. The Labute approximate surface area is 115 Å². The molecule has 0 saturated heterocycles. The van der Waals surface area contributed by atoms with Crippen LogP contribution in [0.15, 0.2) is 18.3 Å². The average molecular weight is 263 g/mol. The van der Waals surface area contributed by atoms with Crippen LogP contribution < -0.4 is 5.73 Å². The lowest BCUT2D eigenvalue weighted by molar-refractivity contribution is 0.117. The number of rotatable bonds is 6. The van der Waals surface area contributed by atoms with Gasteiger partial charge in [-0.1, -0.05) is 25.3 Å². The van der Waals surface area contributed by atoms with Crippen molar-refractivity contribution in [1.82, 2.24) is 9.88 Å². The monoisotopic (exact) mass is 263 g/mol. The molecule has 0 radical (unpaired) electrons. The van der Waals surface area contributed by atoms with Crippen molar-refractivity contribution in [3.05, 3.63) is 29.6 Å². The van der Waals surface area contributed by atoms with Crippen molar-refractivity contribution in [1.29, 1.82) is 0 Å². The Morgan fingerprint density at radius 2 is 2.11 bits per heavy atom. The summed E-state index contributed by atoms with van der Waals surface area (Å²) in [6, 6.07) is 4.67. The number of pyridine rings is 1. The Morgan fingerprint density at radius 1 is 1.32 bits per heavy atom. The van der Waals surface area contributed by atoms with Crippen LogP contribution in [-0.2, 0) is 13.1 Å². The van der Waals surface area contributed by atoms with Crippen LogP contribution in [0.2, 0.25) is 0 Å². The lowest BCUT2D eigenvalue weighted by Crippen LogP contribution is -2.38. The van der Waals surface area contributed by atoms with E-state index in [1.165, 1.54) is 37.7 Å². The fraction of sp³-hybridized carbons (Fsp3) is 0.667. The maximum atomic E-state index is 9.29. The summed E-state index contributed by atoms with van der Waals surface area (Å²) in [6.07, 6.45) is 8.26. The standard InChI is InChI=1S/C15H25N3O/c16-11-15-13(5-4-8-17-15)12-18(9-10-19)14-6-2-1-3-7-14/h4-5,8,14,19H,1-3,6-7,9-12,16H2. The second-order valence-corrected chi connectivity index (χ2v) is 5.30. The molecule has 0 unspecified atom stereocenters. The van der Waals surface area contributed by atoms with Gasteiger partial charge in [0.2, 0.25) is 0 Å². The zero-order chi connectivity index (χ0) is 13.5. The highest BCUT2D eigenvalue weighted by Gasteiger charge is 2.21. The first kappa shape index (κ1) is 14.4. The van der Waals surface area contributed by atoms with Gasteiger partial charge in [-0.3, -0.25) is 9.88 Å². The highest BCUT2D eigenvalue weighted by atomic mass is 16.3. The van der Waals surface area contributed by atoms with Gasteiger partial charge in [0.15, 0.2) is 0 Å². The zero-order valence-electron chi connectivity index (χ0n) is 11.6. The minimum absolute atomic E-state index is 0.217. The number of aliphatic hydroxyl groups excluding tert-OH is 1. The molecule has 0 aliphatic heterocycles. The van der Waals surface area contributed by atoms with Crippen LogP contribution in [0, 0.1) is 0 Å². The van der Waals surface area contributed by atoms with Crippen molar-refractivity contribution in [2.75, 3.05) is 13.2 Å². The van der Waals surface area contributed by atoms with E-state index >= 15 is 0 Å². The molecule has 19 heavy (non-hydrogen) atoms. The van der Waals surface area contributed by atoms with Gasteiger partial charge in [0, 0.05) is 31.9 Å². The minimum atomic E-state index is 0.217.